The number of rotatable bonds is 8. The van der Waals surface area contributed by atoms with E-state index >= 15 is 0 Å². The largest absolute Gasteiger partial charge is 0.494 e. The maximum atomic E-state index is 5.77. The first kappa shape index (κ1) is 16.2. The molecule has 1 aromatic rings. The molecule has 1 aliphatic rings. The quantitative estimate of drug-likeness (QED) is 0.734. The van der Waals surface area contributed by atoms with E-state index in [2.05, 4.69) is 19.2 Å². The van der Waals surface area contributed by atoms with Crippen LogP contribution in [-0.2, 0) is 0 Å². The molecule has 0 amide bonds. The molecule has 0 saturated heterocycles. The number of nitrogens with one attached hydrogen (secondary N) is 1. The van der Waals surface area contributed by atoms with Crippen molar-refractivity contribution in [2.75, 3.05) is 19.8 Å². The van der Waals surface area contributed by atoms with Crippen LogP contribution in [0.2, 0.25) is 0 Å². The third-order valence-corrected chi connectivity index (χ3v) is 4.04. The van der Waals surface area contributed by atoms with Crippen molar-refractivity contribution in [2.24, 2.45) is 5.92 Å². The van der Waals surface area contributed by atoms with Gasteiger partial charge in [0.15, 0.2) is 0 Å². The van der Waals surface area contributed by atoms with E-state index in [-0.39, 0.29) is 0 Å². The molecule has 0 radical (unpaired) electrons. The number of ether oxygens (including phenoxy) is 2. The fraction of sp³-hybridized carbons (Fsp3) is 0.667. The highest BCUT2D eigenvalue weighted by Gasteiger charge is 2.17. The van der Waals surface area contributed by atoms with Crippen LogP contribution in [0.15, 0.2) is 24.3 Å². The second-order valence-electron chi connectivity index (χ2n) is 6.09. The van der Waals surface area contributed by atoms with E-state index in [0.717, 1.165) is 43.6 Å². The molecule has 0 aromatic heterocycles. The fourth-order valence-corrected chi connectivity index (χ4v) is 2.90. The Morgan fingerprint density at radius 3 is 2.33 bits per heavy atom. The molecule has 3 heteroatoms. The maximum Gasteiger partial charge on any atom is 0.119 e. The van der Waals surface area contributed by atoms with Crippen molar-refractivity contribution in [1.29, 1.82) is 0 Å². The van der Waals surface area contributed by atoms with Gasteiger partial charge in [-0.3, -0.25) is 0 Å². The zero-order valence-corrected chi connectivity index (χ0v) is 13.4. The Hall–Kier alpha value is -1.22. The smallest absolute Gasteiger partial charge is 0.119 e. The summed E-state index contributed by atoms with van der Waals surface area (Å²) in [6.45, 7) is 6.87. The van der Waals surface area contributed by atoms with Crippen LogP contribution in [-0.4, -0.2) is 25.8 Å². The third-order valence-electron chi connectivity index (χ3n) is 4.04. The van der Waals surface area contributed by atoms with E-state index in [1.54, 1.807) is 0 Å². The van der Waals surface area contributed by atoms with Gasteiger partial charge in [-0.25, -0.2) is 0 Å². The lowest BCUT2D eigenvalue weighted by molar-refractivity contribution is 0.266. The first-order chi connectivity index (χ1) is 10.3. The molecule has 1 aromatic carbocycles. The average Bonchev–Trinajstić information content (AvgIpc) is 2.51. The monoisotopic (exact) mass is 291 g/mol. The molecule has 2 atom stereocenters. The summed E-state index contributed by atoms with van der Waals surface area (Å²) >= 11 is 0. The SMILES string of the molecule is CCCOc1ccc(OCCNC2CCCC(C)C2)cc1. The third kappa shape index (κ3) is 5.96. The summed E-state index contributed by atoms with van der Waals surface area (Å²) in [5.41, 5.74) is 0. The summed E-state index contributed by atoms with van der Waals surface area (Å²) in [5, 5.41) is 3.61. The van der Waals surface area contributed by atoms with Gasteiger partial charge in [-0.15, -0.1) is 0 Å². The molecule has 1 saturated carbocycles. The Labute approximate surface area is 129 Å². The highest BCUT2D eigenvalue weighted by atomic mass is 16.5. The topological polar surface area (TPSA) is 30.5 Å². The molecule has 2 unspecified atom stereocenters. The zero-order chi connectivity index (χ0) is 14.9. The molecule has 0 aliphatic heterocycles. The van der Waals surface area contributed by atoms with Gasteiger partial charge in [-0.2, -0.15) is 0 Å². The molecular formula is C18H29NO2. The minimum Gasteiger partial charge on any atom is -0.494 e. The summed E-state index contributed by atoms with van der Waals surface area (Å²) in [5.74, 6) is 2.70. The molecule has 3 nitrogen and oxygen atoms in total. The first-order valence-electron chi connectivity index (χ1n) is 8.37. The normalized spacial score (nSPS) is 22.0. The van der Waals surface area contributed by atoms with Gasteiger partial charge in [0, 0.05) is 12.6 Å². The summed E-state index contributed by atoms with van der Waals surface area (Å²) in [7, 11) is 0. The number of hydrogen-bond donors (Lipinski definition) is 1. The van der Waals surface area contributed by atoms with Crippen LogP contribution in [0.3, 0.4) is 0 Å². The lowest BCUT2D eigenvalue weighted by Gasteiger charge is -2.27. The Kier molecular flexibility index (Phi) is 6.87. The van der Waals surface area contributed by atoms with Gasteiger partial charge in [-0.1, -0.05) is 26.7 Å². The summed E-state index contributed by atoms with van der Waals surface area (Å²) in [6.07, 6.45) is 6.40. The lowest BCUT2D eigenvalue weighted by Crippen LogP contribution is -2.36. The van der Waals surface area contributed by atoms with E-state index in [4.69, 9.17) is 9.47 Å². The molecule has 0 spiro atoms. The van der Waals surface area contributed by atoms with Gasteiger partial charge in [0.05, 0.1) is 6.61 Å². The summed E-state index contributed by atoms with van der Waals surface area (Å²) in [4.78, 5) is 0. The van der Waals surface area contributed by atoms with Gasteiger partial charge < -0.3 is 14.8 Å². The van der Waals surface area contributed by atoms with Crippen LogP contribution in [0.1, 0.15) is 46.0 Å². The predicted molar refractivity (Wildman–Crippen MR) is 87.1 cm³/mol. The zero-order valence-electron chi connectivity index (χ0n) is 13.4. The van der Waals surface area contributed by atoms with Crippen molar-refractivity contribution in [3.05, 3.63) is 24.3 Å². The summed E-state index contributed by atoms with van der Waals surface area (Å²) in [6, 6.07) is 8.59. The highest BCUT2D eigenvalue weighted by Crippen LogP contribution is 2.23. The first-order valence-corrected chi connectivity index (χ1v) is 8.37. The Balaban J connectivity index is 1.62. The number of hydrogen-bond acceptors (Lipinski definition) is 3. The molecule has 0 bridgehead atoms. The molecule has 1 fully saturated rings. The van der Waals surface area contributed by atoms with Crippen LogP contribution in [0.5, 0.6) is 11.5 Å². The van der Waals surface area contributed by atoms with Crippen LogP contribution < -0.4 is 14.8 Å². The van der Waals surface area contributed by atoms with E-state index in [1.165, 1.54) is 25.7 Å². The van der Waals surface area contributed by atoms with E-state index in [0.29, 0.717) is 6.04 Å². The Bertz CT molecular complexity index is 391. The van der Waals surface area contributed by atoms with Crippen LogP contribution >= 0.6 is 0 Å². The van der Waals surface area contributed by atoms with E-state index in [9.17, 15) is 0 Å². The maximum absolute atomic E-state index is 5.77. The highest BCUT2D eigenvalue weighted by molar-refractivity contribution is 5.31. The predicted octanol–water partition coefficient (Wildman–Crippen LogP) is 4.02. The van der Waals surface area contributed by atoms with Crippen molar-refractivity contribution in [1.82, 2.24) is 5.32 Å². The van der Waals surface area contributed by atoms with Crippen molar-refractivity contribution < 1.29 is 9.47 Å². The van der Waals surface area contributed by atoms with Crippen LogP contribution in [0.25, 0.3) is 0 Å². The lowest BCUT2D eigenvalue weighted by atomic mass is 9.87. The molecular weight excluding hydrogens is 262 g/mol. The second kappa shape index (κ2) is 8.93. The minimum atomic E-state index is 0.683. The van der Waals surface area contributed by atoms with Gasteiger partial charge in [0.1, 0.15) is 18.1 Å². The molecule has 0 heterocycles. The van der Waals surface area contributed by atoms with Gasteiger partial charge in [0.25, 0.3) is 0 Å². The van der Waals surface area contributed by atoms with Gasteiger partial charge in [-0.05, 0) is 49.4 Å². The Morgan fingerprint density at radius 2 is 1.71 bits per heavy atom. The summed E-state index contributed by atoms with van der Waals surface area (Å²) < 4.78 is 11.3. The Morgan fingerprint density at radius 1 is 1.05 bits per heavy atom. The van der Waals surface area contributed by atoms with Gasteiger partial charge in [0.2, 0.25) is 0 Å². The second-order valence-corrected chi connectivity index (χ2v) is 6.09. The van der Waals surface area contributed by atoms with E-state index < -0.39 is 0 Å². The molecule has 1 N–H and O–H groups in total. The van der Waals surface area contributed by atoms with Crippen LogP contribution in [0.4, 0.5) is 0 Å². The fourth-order valence-electron chi connectivity index (χ4n) is 2.90. The van der Waals surface area contributed by atoms with Gasteiger partial charge >= 0.3 is 0 Å². The standard InChI is InChI=1S/C18H29NO2/c1-3-12-20-17-7-9-18(10-8-17)21-13-11-19-16-6-4-5-15(2)14-16/h7-10,15-16,19H,3-6,11-14H2,1-2H3. The van der Waals surface area contributed by atoms with Crippen molar-refractivity contribution >= 4 is 0 Å². The van der Waals surface area contributed by atoms with Crippen LogP contribution in [0, 0.1) is 5.92 Å². The molecule has 118 valence electrons. The van der Waals surface area contributed by atoms with Crippen molar-refractivity contribution in [2.45, 2.75) is 52.0 Å². The average molecular weight is 291 g/mol. The van der Waals surface area contributed by atoms with E-state index in [1.807, 2.05) is 24.3 Å². The molecule has 1 aliphatic carbocycles. The molecule has 21 heavy (non-hydrogen) atoms. The molecule has 2 rings (SSSR count). The number of benzene rings is 1. The van der Waals surface area contributed by atoms with Crippen molar-refractivity contribution in [3.63, 3.8) is 0 Å². The minimum absolute atomic E-state index is 0.683. The van der Waals surface area contributed by atoms with Crippen molar-refractivity contribution in [3.8, 4) is 11.5 Å².